The molecule has 0 spiro atoms. The fraction of sp³-hybridized carbons (Fsp3) is 0.258. The normalized spacial score (nSPS) is 15.1. The van der Waals surface area contributed by atoms with E-state index < -0.39 is 23.5 Å². The summed E-state index contributed by atoms with van der Waals surface area (Å²) in [6.07, 6.45) is -1.61. The van der Waals surface area contributed by atoms with E-state index in [-0.39, 0.29) is 17.2 Å². The first kappa shape index (κ1) is 28.9. The lowest BCUT2D eigenvalue weighted by atomic mass is 9.91. The van der Waals surface area contributed by atoms with Crippen molar-refractivity contribution in [2.24, 2.45) is 0 Å². The highest BCUT2D eigenvalue weighted by Gasteiger charge is 2.35. The van der Waals surface area contributed by atoms with Gasteiger partial charge in [0.05, 0.1) is 11.3 Å². The number of hydrogen-bond donors (Lipinski definition) is 5. The highest BCUT2D eigenvalue weighted by Crippen LogP contribution is 2.36. The van der Waals surface area contributed by atoms with E-state index >= 15 is 0 Å². The van der Waals surface area contributed by atoms with Gasteiger partial charge >= 0.3 is 6.18 Å². The van der Waals surface area contributed by atoms with Crippen molar-refractivity contribution < 1.29 is 18.0 Å². The fourth-order valence-corrected chi connectivity index (χ4v) is 4.88. The minimum Gasteiger partial charge on any atom is -0.381 e. The lowest BCUT2D eigenvalue weighted by Crippen LogP contribution is -2.28. The smallest absolute Gasteiger partial charge is 0.381 e. The van der Waals surface area contributed by atoms with Crippen molar-refractivity contribution >= 4 is 34.7 Å². The molecule has 1 fully saturated rings. The van der Waals surface area contributed by atoms with Crippen LogP contribution in [0.15, 0.2) is 79.0 Å². The molecule has 218 valence electrons. The van der Waals surface area contributed by atoms with Crippen molar-refractivity contribution in [3.8, 4) is 0 Å². The molecule has 1 aromatic heterocycles. The van der Waals surface area contributed by atoms with Crippen LogP contribution in [-0.4, -0.2) is 36.0 Å². The standard InChI is InChI=1S/C31H32F3N7O/c1-35-29(42)25-9-2-3-10-27(25)40-28-26(31(32,33)34)19-38-30(41-28)39-23-13-11-20(12-14-23)17-37-24-8-4-6-21(16-24)22-7-5-15-36-18-22/h2-4,6,8-14,16,19,22,36-37H,5,7,15,17-18H2,1H3,(H,35,42)(H2,38,39,40,41). The van der Waals surface area contributed by atoms with Gasteiger partial charge in [0, 0.05) is 37.7 Å². The monoisotopic (exact) mass is 575 g/mol. The SMILES string of the molecule is CNC(=O)c1ccccc1Nc1nc(Nc2ccc(CNc3cccc(C4CCCNC4)c3)cc2)ncc1C(F)(F)F. The summed E-state index contributed by atoms with van der Waals surface area (Å²) >= 11 is 0. The Hall–Kier alpha value is -4.64. The third kappa shape index (κ3) is 7.16. The van der Waals surface area contributed by atoms with Crippen LogP contribution in [0.3, 0.4) is 0 Å². The average molecular weight is 576 g/mol. The Morgan fingerprint density at radius 2 is 1.81 bits per heavy atom. The van der Waals surface area contributed by atoms with Gasteiger partial charge in [-0.1, -0.05) is 36.4 Å². The van der Waals surface area contributed by atoms with Crippen LogP contribution in [0.4, 0.5) is 42.0 Å². The number of rotatable bonds is 9. The van der Waals surface area contributed by atoms with Gasteiger partial charge in [-0.15, -0.1) is 0 Å². The van der Waals surface area contributed by atoms with Gasteiger partial charge < -0.3 is 26.6 Å². The number of alkyl halides is 3. The first-order valence-corrected chi connectivity index (χ1v) is 13.7. The quantitative estimate of drug-likeness (QED) is 0.157. The number of aromatic nitrogens is 2. The molecule has 0 bridgehead atoms. The van der Waals surface area contributed by atoms with Crippen LogP contribution in [0.25, 0.3) is 0 Å². The zero-order valence-electron chi connectivity index (χ0n) is 23.1. The number of halogens is 3. The summed E-state index contributed by atoms with van der Waals surface area (Å²) in [5.41, 5.74) is 3.34. The molecular formula is C31H32F3N7O. The number of carbonyl (C=O) groups is 1. The summed E-state index contributed by atoms with van der Waals surface area (Å²) in [6.45, 7) is 2.69. The lowest BCUT2D eigenvalue weighted by Gasteiger charge is -2.23. The van der Waals surface area contributed by atoms with Gasteiger partial charge in [0.2, 0.25) is 5.95 Å². The predicted octanol–water partition coefficient (Wildman–Crippen LogP) is 6.42. The largest absolute Gasteiger partial charge is 0.421 e. The van der Waals surface area contributed by atoms with E-state index in [1.807, 2.05) is 24.3 Å². The average Bonchev–Trinajstić information content (AvgIpc) is 3.01. The first-order chi connectivity index (χ1) is 20.3. The number of amides is 1. The molecule has 1 amide bonds. The van der Waals surface area contributed by atoms with Gasteiger partial charge in [-0.05, 0) is 72.8 Å². The van der Waals surface area contributed by atoms with Crippen molar-refractivity contribution in [1.82, 2.24) is 20.6 Å². The molecule has 42 heavy (non-hydrogen) atoms. The van der Waals surface area contributed by atoms with Gasteiger partial charge in [-0.3, -0.25) is 4.79 Å². The molecule has 1 unspecified atom stereocenters. The van der Waals surface area contributed by atoms with E-state index in [0.29, 0.717) is 18.2 Å². The Kier molecular flexibility index (Phi) is 8.87. The summed E-state index contributed by atoms with van der Waals surface area (Å²) in [5, 5.41) is 15.1. The number of benzene rings is 3. The summed E-state index contributed by atoms with van der Waals surface area (Å²) in [4.78, 5) is 20.2. The molecule has 4 aromatic rings. The summed E-state index contributed by atoms with van der Waals surface area (Å²) in [6, 6.07) is 22.2. The molecule has 0 aliphatic carbocycles. The number of nitrogens with one attached hydrogen (secondary N) is 5. The Morgan fingerprint density at radius 1 is 1.00 bits per heavy atom. The van der Waals surface area contributed by atoms with Crippen molar-refractivity contribution in [2.45, 2.75) is 31.5 Å². The molecule has 1 saturated heterocycles. The Labute approximate surface area is 242 Å². The zero-order valence-corrected chi connectivity index (χ0v) is 23.1. The molecule has 1 atom stereocenters. The van der Waals surface area contributed by atoms with Crippen LogP contribution in [0, 0.1) is 0 Å². The van der Waals surface area contributed by atoms with Crippen molar-refractivity contribution in [3.05, 3.63) is 101 Å². The van der Waals surface area contributed by atoms with E-state index in [9.17, 15) is 18.0 Å². The third-order valence-corrected chi connectivity index (χ3v) is 7.11. The van der Waals surface area contributed by atoms with Gasteiger partial charge in [0.1, 0.15) is 11.4 Å². The minimum atomic E-state index is -4.70. The van der Waals surface area contributed by atoms with E-state index in [0.717, 1.165) is 30.5 Å². The molecule has 1 aliphatic heterocycles. The molecular weight excluding hydrogens is 543 g/mol. The third-order valence-electron chi connectivity index (χ3n) is 7.11. The van der Waals surface area contributed by atoms with Gasteiger partial charge in [0.25, 0.3) is 5.91 Å². The second-order valence-corrected chi connectivity index (χ2v) is 10.0. The number of hydrogen-bond acceptors (Lipinski definition) is 7. The molecule has 8 nitrogen and oxygen atoms in total. The molecule has 3 aromatic carbocycles. The second kappa shape index (κ2) is 12.9. The molecule has 0 saturated carbocycles. The minimum absolute atomic E-state index is 0.0252. The van der Waals surface area contributed by atoms with Gasteiger partial charge in [0.15, 0.2) is 0 Å². The van der Waals surface area contributed by atoms with E-state index in [1.165, 1.54) is 37.6 Å². The Bertz CT molecular complexity index is 1520. The Balaban J connectivity index is 1.27. The van der Waals surface area contributed by atoms with Crippen LogP contribution < -0.4 is 26.6 Å². The highest BCUT2D eigenvalue weighted by atomic mass is 19.4. The van der Waals surface area contributed by atoms with E-state index in [2.05, 4.69) is 60.8 Å². The van der Waals surface area contributed by atoms with Crippen molar-refractivity contribution in [3.63, 3.8) is 0 Å². The van der Waals surface area contributed by atoms with Crippen molar-refractivity contribution in [2.75, 3.05) is 36.1 Å². The maximum Gasteiger partial charge on any atom is 0.421 e. The zero-order chi connectivity index (χ0) is 29.5. The van der Waals surface area contributed by atoms with Gasteiger partial charge in [-0.2, -0.15) is 18.2 Å². The summed E-state index contributed by atoms with van der Waals surface area (Å²) in [5.74, 6) is -0.409. The molecule has 2 heterocycles. The van der Waals surface area contributed by atoms with Crippen LogP contribution in [-0.2, 0) is 12.7 Å². The molecule has 0 radical (unpaired) electrons. The Morgan fingerprint density at radius 3 is 2.55 bits per heavy atom. The highest BCUT2D eigenvalue weighted by molar-refractivity contribution is 6.00. The summed E-state index contributed by atoms with van der Waals surface area (Å²) in [7, 11) is 1.45. The molecule has 11 heteroatoms. The number of para-hydroxylation sites is 1. The van der Waals surface area contributed by atoms with E-state index in [1.54, 1.807) is 12.1 Å². The van der Waals surface area contributed by atoms with Crippen LogP contribution >= 0.6 is 0 Å². The number of nitrogens with zero attached hydrogens (tertiary/aromatic N) is 2. The fourth-order valence-electron chi connectivity index (χ4n) is 4.88. The van der Waals surface area contributed by atoms with Crippen LogP contribution in [0.2, 0.25) is 0 Å². The van der Waals surface area contributed by atoms with E-state index in [4.69, 9.17) is 0 Å². The maximum atomic E-state index is 13.8. The second-order valence-electron chi connectivity index (χ2n) is 10.0. The van der Waals surface area contributed by atoms with Gasteiger partial charge in [-0.25, -0.2) is 4.98 Å². The topological polar surface area (TPSA) is 103 Å². The van der Waals surface area contributed by atoms with Crippen LogP contribution in [0.1, 0.15) is 45.8 Å². The number of carbonyl (C=O) groups excluding carboxylic acids is 1. The molecule has 5 rings (SSSR count). The number of piperidine rings is 1. The lowest BCUT2D eigenvalue weighted by molar-refractivity contribution is -0.137. The van der Waals surface area contributed by atoms with Crippen LogP contribution in [0.5, 0.6) is 0 Å². The molecule has 1 aliphatic rings. The maximum absolute atomic E-state index is 13.8. The summed E-state index contributed by atoms with van der Waals surface area (Å²) < 4.78 is 41.3. The van der Waals surface area contributed by atoms with Crippen molar-refractivity contribution in [1.29, 1.82) is 0 Å². The number of anilines is 5. The predicted molar refractivity (Wildman–Crippen MR) is 158 cm³/mol. The molecule has 5 N–H and O–H groups in total. The first-order valence-electron chi connectivity index (χ1n) is 13.7.